The molecule has 0 bridgehead atoms. The topological polar surface area (TPSA) is 98.7 Å². The average molecular weight is 299 g/mol. The second-order valence-corrected chi connectivity index (χ2v) is 5.01. The van der Waals surface area contributed by atoms with Crippen LogP contribution in [-0.4, -0.2) is 31.9 Å². The highest BCUT2D eigenvalue weighted by molar-refractivity contribution is 7.99. The number of rotatable bonds is 4. The summed E-state index contributed by atoms with van der Waals surface area (Å²) >= 11 is 7.04. The number of anilines is 2. The summed E-state index contributed by atoms with van der Waals surface area (Å²) in [4.78, 5) is 11.7. The zero-order valence-electron chi connectivity index (χ0n) is 10.00. The monoisotopic (exact) mass is 298 g/mol. The Morgan fingerprint density at radius 2 is 2.37 bits per heavy atom. The number of hydrogen-bond donors (Lipinski definition) is 2. The molecule has 0 unspecified atom stereocenters. The molecule has 2 aromatic rings. The lowest BCUT2D eigenvalue weighted by Crippen LogP contribution is -2.14. The molecule has 0 saturated carbocycles. The normalized spacial score (nSPS) is 10.4. The quantitative estimate of drug-likeness (QED) is 0.649. The number of nitrogen functional groups attached to an aromatic ring is 1. The number of hydrogen-bond acceptors (Lipinski definition) is 6. The van der Waals surface area contributed by atoms with Crippen LogP contribution in [0.5, 0.6) is 0 Å². The molecule has 1 aromatic carbocycles. The largest absolute Gasteiger partial charge is 0.397 e. The summed E-state index contributed by atoms with van der Waals surface area (Å²) in [5, 5.41) is 14.7. The summed E-state index contributed by atoms with van der Waals surface area (Å²) < 4.78 is 1.50. The van der Waals surface area contributed by atoms with E-state index in [9.17, 15) is 4.79 Å². The molecule has 2 rings (SSSR count). The molecule has 1 heterocycles. The molecule has 0 radical (unpaired) electrons. The molecule has 0 atom stereocenters. The summed E-state index contributed by atoms with van der Waals surface area (Å²) in [5.74, 6) is 0.0336. The second-order valence-electron chi connectivity index (χ2n) is 3.66. The van der Waals surface area contributed by atoms with E-state index in [4.69, 9.17) is 17.3 Å². The Bertz CT molecular complexity index is 601. The Morgan fingerprint density at radius 1 is 1.58 bits per heavy atom. The molecule has 0 aliphatic carbocycles. The molecule has 9 heteroatoms. The minimum Gasteiger partial charge on any atom is -0.397 e. The molecule has 3 N–H and O–H groups in total. The van der Waals surface area contributed by atoms with E-state index in [1.165, 1.54) is 16.4 Å². The number of benzene rings is 1. The molecule has 0 aliphatic heterocycles. The summed E-state index contributed by atoms with van der Waals surface area (Å²) in [6.45, 7) is 0. The van der Waals surface area contributed by atoms with Crippen LogP contribution in [0.4, 0.5) is 11.4 Å². The number of nitrogens with zero attached hydrogens (tertiary/aromatic N) is 4. The molecular weight excluding hydrogens is 288 g/mol. The third kappa shape index (κ3) is 3.58. The van der Waals surface area contributed by atoms with Crippen molar-refractivity contribution in [3.63, 3.8) is 0 Å². The van der Waals surface area contributed by atoms with Gasteiger partial charge in [0.1, 0.15) is 0 Å². The van der Waals surface area contributed by atoms with Crippen LogP contribution in [-0.2, 0) is 11.8 Å². The van der Waals surface area contributed by atoms with Crippen LogP contribution in [0.2, 0.25) is 5.02 Å². The number of thioether (sulfide) groups is 1. The van der Waals surface area contributed by atoms with Crippen molar-refractivity contribution in [1.82, 2.24) is 20.2 Å². The van der Waals surface area contributed by atoms with E-state index < -0.39 is 0 Å². The Morgan fingerprint density at radius 3 is 3.00 bits per heavy atom. The van der Waals surface area contributed by atoms with Crippen molar-refractivity contribution in [2.75, 3.05) is 16.8 Å². The van der Waals surface area contributed by atoms with Gasteiger partial charge in [0.05, 0.1) is 16.5 Å². The number of nitrogens with two attached hydrogens (primary N) is 1. The average Bonchev–Trinajstić information content (AvgIpc) is 2.77. The van der Waals surface area contributed by atoms with Crippen LogP contribution >= 0.6 is 23.4 Å². The first kappa shape index (κ1) is 13.6. The third-order valence-electron chi connectivity index (χ3n) is 2.19. The van der Waals surface area contributed by atoms with Gasteiger partial charge in [0, 0.05) is 12.7 Å². The van der Waals surface area contributed by atoms with Gasteiger partial charge in [-0.25, -0.2) is 4.68 Å². The van der Waals surface area contributed by atoms with Gasteiger partial charge in [0.25, 0.3) is 0 Å². The maximum atomic E-state index is 11.7. The van der Waals surface area contributed by atoms with E-state index >= 15 is 0 Å². The SMILES string of the molecule is Cn1nnnc1SCC(=O)Nc1ccc(Cl)c(N)c1. The highest BCUT2D eigenvalue weighted by Crippen LogP contribution is 2.22. The van der Waals surface area contributed by atoms with Gasteiger partial charge in [-0.15, -0.1) is 5.10 Å². The van der Waals surface area contributed by atoms with Gasteiger partial charge >= 0.3 is 0 Å². The number of amides is 1. The lowest BCUT2D eigenvalue weighted by Gasteiger charge is -2.06. The Balaban J connectivity index is 1.91. The van der Waals surface area contributed by atoms with E-state index in [0.29, 0.717) is 21.6 Å². The summed E-state index contributed by atoms with van der Waals surface area (Å²) in [7, 11) is 1.71. The smallest absolute Gasteiger partial charge is 0.234 e. The number of aryl methyl sites for hydroxylation is 1. The van der Waals surface area contributed by atoms with Crippen LogP contribution in [0.1, 0.15) is 0 Å². The summed E-state index contributed by atoms with van der Waals surface area (Å²) in [6, 6.07) is 4.92. The second kappa shape index (κ2) is 5.89. The molecule has 1 amide bonds. The lowest BCUT2D eigenvalue weighted by atomic mass is 10.3. The number of nitrogens with one attached hydrogen (secondary N) is 1. The zero-order valence-corrected chi connectivity index (χ0v) is 11.6. The predicted octanol–water partition coefficient (Wildman–Crippen LogP) is 1.18. The fourth-order valence-electron chi connectivity index (χ4n) is 1.29. The molecule has 0 saturated heterocycles. The van der Waals surface area contributed by atoms with Gasteiger partial charge < -0.3 is 11.1 Å². The van der Waals surface area contributed by atoms with Crippen molar-refractivity contribution < 1.29 is 4.79 Å². The molecule has 19 heavy (non-hydrogen) atoms. The zero-order chi connectivity index (χ0) is 13.8. The first-order chi connectivity index (χ1) is 9.06. The van der Waals surface area contributed by atoms with Gasteiger partial charge in [-0.1, -0.05) is 23.4 Å². The van der Waals surface area contributed by atoms with E-state index in [1.54, 1.807) is 25.2 Å². The Labute approximate surface area is 118 Å². The van der Waals surface area contributed by atoms with Crippen molar-refractivity contribution in [3.8, 4) is 0 Å². The number of aromatic nitrogens is 4. The van der Waals surface area contributed by atoms with E-state index in [-0.39, 0.29) is 11.7 Å². The van der Waals surface area contributed by atoms with Crippen LogP contribution in [0.3, 0.4) is 0 Å². The predicted molar refractivity (Wildman–Crippen MR) is 74.0 cm³/mol. The molecule has 1 aromatic heterocycles. The third-order valence-corrected chi connectivity index (χ3v) is 3.55. The lowest BCUT2D eigenvalue weighted by molar-refractivity contribution is -0.113. The van der Waals surface area contributed by atoms with Crippen molar-refractivity contribution >= 4 is 40.6 Å². The molecule has 0 spiro atoms. The van der Waals surface area contributed by atoms with Gasteiger partial charge in [0.2, 0.25) is 11.1 Å². The molecule has 100 valence electrons. The van der Waals surface area contributed by atoms with Crippen molar-refractivity contribution in [1.29, 1.82) is 0 Å². The maximum absolute atomic E-state index is 11.7. The van der Waals surface area contributed by atoms with Gasteiger partial charge in [-0.3, -0.25) is 4.79 Å². The van der Waals surface area contributed by atoms with E-state index in [1.807, 2.05) is 0 Å². The highest BCUT2D eigenvalue weighted by Gasteiger charge is 2.08. The number of tetrazole rings is 1. The first-order valence-electron chi connectivity index (χ1n) is 5.26. The molecule has 7 nitrogen and oxygen atoms in total. The van der Waals surface area contributed by atoms with E-state index in [0.717, 1.165) is 0 Å². The van der Waals surface area contributed by atoms with Crippen molar-refractivity contribution in [3.05, 3.63) is 23.2 Å². The maximum Gasteiger partial charge on any atom is 0.234 e. The Hall–Kier alpha value is -1.80. The molecular formula is C10H11ClN6OS. The first-order valence-corrected chi connectivity index (χ1v) is 6.62. The number of carbonyl (C=O) groups excluding carboxylic acids is 1. The fraction of sp³-hybridized carbons (Fsp3) is 0.200. The fourth-order valence-corrected chi connectivity index (χ4v) is 2.06. The van der Waals surface area contributed by atoms with Crippen molar-refractivity contribution in [2.45, 2.75) is 5.16 Å². The van der Waals surface area contributed by atoms with Crippen LogP contribution in [0.15, 0.2) is 23.4 Å². The summed E-state index contributed by atoms with van der Waals surface area (Å²) in [5.41, 5.74) is 6.67. The van der Waals surface area contributed by atoms with Crippen LogP contribution in [0, 0.1) is 0 Å². The van der Waals surface area contributed by atoms with Crippen LogP contribution in [0.25, 0.3) is 0 Å². The van der Waals surface area contributed by atoms with Gasteiger partial charge in [-0.2, -0.15) is 0 Å². The number of halogens is 1. The summed E-state index contributed by atoms with van der Waals surface area (Å²) in [6.07, 6.45) is 0. The number of carbonyl (C=O) groups is 1. The van der Waals surface area contributed by atoms with E-state index in [2.05, 4.69) is 20.8 Å². The molecule has 0 aliphatic rings. The minimum absolute atomic E-state index is 0.172. The van der Waals surface area contributed by atoms with Gasteiger partial charge in [0.15, 0.2) is 0 Å². The highest BCUT2D eigenvalue weighted by atomic mass is 35.5. The van der Waals surface area contributed by atoms with Gasteiger partial charge in [-0.05, 0) is 28.6 Å². The standard InChI is InChI=1S/C10H11ClN6OS/c1-17-10(14-15-16-17)19-5-9(18)13-6-2-3-7(11)8(12)4-6/h2-4H,5,12H2,1H3,(H,13,18). The van der Waals surface area contributed by atoms with Crippen LogP contribution < -0.4 is 11.1 Å². The minimum atomic E-state index is -0.172. The Kier molecular flexibility index (Phi) is 4.23. The molecule has 0 fully saturated rings. The van der Waals surface area contributed by atoms with Crippen molar-refractivity contribution in [2.24, 2.45) is 7.05 Å².